The Morgan fingerprint density at radius 1 is 1.33 bits per heavy atom. The normalized spacial score (nSPS) is 10.0. The van der Waals surface area contributed by atoms with E-state index in [1.54, 1.807) is 31.1 Å². The number of benzene rings is 1. The summed E-state index contributed by atoms with van der Waals surface area (Å²) in [4.78, 5) is 11.8. The number of imidazole rings is 1. The van der Waals surface area contributed by atoms with Gasteiger partial charge in [0.2, 0.25) is 0 Å². The summed E-state index contributed by atoms with van der Waals surface area (Å²) in [6.07, 6.45) is 3.91. The first-order valence-electron chi connectivity index (χ1n) is 6.64. The summed E-state index contributed by atoms with van der Waals surface area (Å²) in [6, 6.07) is 5.66. The smallest absolute Gasteiger partial charge is 0.328 e. The van der Waals surface area contributed by atoms with Crippen molar-refractivity contribution in [3.05, 3.63) is 52.2 Å². The third kappa shape index (κ3) is 3.56. The molecule has 0 bridgehead atoms. The standard InChI is InChI=1S/C16H18N2O3/c1-17-8-9-18(16(17)20)12-13-6-7-15(21-2)14(11-13)5-3-4-10-19/h6-9,11,19H,4,10,12H2,1-2H3. The molecule has 1 heterocycles. The van der Waals surface area contributed by atoms with E-state index in [0.717, 1.165) is 11.1 Å². The van der Waals surface area contributed by atoms with Crippen LogP contribution < -0.4 is 10.4 Å². The first-order chi connectivity index (χ1) is 10.2. The van der Waals surface area contributed by atoms with Crippen molar-refractivity contribution in [2.45, 2.75) is 13.0 Å². The van der Waals surface area contributed by atoms with Crippen LogP contribution in [-0.2, 0) is 13.6 Å². The number of nitrogens with zero attached hydrogens (tertiary/aromatic N) is 2. The van der Waals surface area contributed by atoms with Crippen LogP contribution in [0.25, 0.3) is 0 Å². The minimum atomic E-state index is -0.0567. The molecular weight excluding hydrogens is 268 g/mol. The van der Waals surface area contributed by atoms with Gasteiger partial charge in [-0.2, -0.15) is 0 Å². The van der Waals surface area contributed by atoms with Crippen molar-refractivity contribution in [1.29, 1.82) is 0 Å². The Balaban J connectivity index is 2.29. The van der Waals surface area contributed by atoms with Gasteiger partial charge >= 0.3 is 5.69 Å². The SMILES string of the molecule is COc1ccc(Cn2ccn(C)c2=O)cc1C#CCCO. The third-order valence-electron chi connectivity index (χ3n) is 3.09. The second kappa shape index (κ2) is 6.82. The van der Waals surface area contributed by atoms with Gasteiger partial charge in [-0.1, -0.05) is 17.9 Å². The average molecular weight is 286 g/mol. The summed E-state index contributed by atoms with van der Waals surface area (Å²) in [5.74, 6) is 6.55. The molecule has 0 unspecified atom stereocenters. The fraction of sp³-hybridized carbons (Fsp3) is 0.312. The maximum Gasteiger partial charge on any atom is 0.328 e. The molecule has 5 nitrogen and oxygen atoms in total. The molecule has 1 aromatic carbocycles. The highest BCUT2D eigenvalue weighted by atomic mass is 16.5. The molecule has 2 aromatic rings. The fourth-order valence-electron chi connectivity index (χ4n) is 1.99. The van der Waals surface area contributed by atoms with Crippen LogP contribution in [0.1, 0.15) is 17.5 Å². The quantitative estimate of drug-likeness (QED) is 0.852. The molecular formula is C16H18N2O3. The van der Waals surface area contributed by atoms with E-state index in [2.05, 4.69) is 11.8 Å². The molecule has 1 N–H and O–H groups in total. The zero-order valence-electron chi connectivity index (χ0n) is 12.2. The van der Waals surface area contributed by atoms with E-state index in [9.17, 15) is 4.79 Å². The van der Waals surface area contributed by atoms with Crippen LogP contribution in [0, 0.1) is 11.8 Å². The number of rotatable bonds is 4. The van der Waals surface area contributed by atoms with E-state index >= 15 is 0 Å². The number of hydrogen-bond acceptors (Lipinski definition) is 3. The lowest BCUT2D eigenvalue weighted by molar-refractivity contribution is 0.305. The summed E-state index contributed by atoms with van der Waals surface area (Å²) in [6.45, 7) is 0.521. The topological polar surface area (TPSA) is 56.4 Å². The Bertz CT molecular complexity index is 732. The van der Waals surface area contributed by atoms with Crippen molar-refractivity contribution in [2.75, 3.05) is 13.7 Å². The second-order valence-corrected chi connectivity index (χ2v) is 4.63. The summed E-state index contributed by atoms with van der Waals surface area (Å²) in [7, 11) is 3.31. The van der Waals surface area contributed by atoms with Crippen molar-refractivity contribution < 1.29 is 9.84 Å². The molecule has 0 radical (unpaired) electrons. The molecule has 110 valence electrons. The van der Waals surface area contributed by atoms with Crippen LogP contribution in [0.3, 0.4) is 0 Å². The van der Waals surface area contributed by atoms with Crippen molar-refractivity contribution in [1.82, 2.24) is 9.13 Å². The lowest BCUT2D eigenvalue weighted by Crippen LogP contribution is -2.22. The highest BCUT2D eigenvalue weighted by molar-refractivity contribution is 5.48. The molecule has 2 rings (SSSR count). The maximum atomic E-state index is 11.8. The summed E-state index contributed by atoms with van der Waals surface area (Å²) in [5.41, 5.74) is 1.67. The van der Waals surface area contributed by atoms with E-state index in [4.69, 9.17) is 9.84 Å². The lowest BCUT2D eigenvalue weighted by Gasteiger charge is -2.07. The highest BCUT2D eigenvalue weighted by Gasteiger charge is 2.05. The third-order valence-corrected chi connectivity index (χ3v) is 3.09. The Morgan fingerprint density at radius 2 is 2.14 bits per heavy atom. The van der Waals surface area contributed by atoms with Gasteiger partial charge in [0.15, 0.2) is 0 Å². The predicted octanol–water partition coefficient (Wildman–Crippen LogP) is 0.978. The van der Waals surface area contributed by atoms with Gasteiger partial charge in [0.1, 0.15) is 5.75 Å². The van der Waals surface area contributed by atoms with E-state index in [1.165, 1.54) is 4.57 Å². The Hall–Kier alpha value is -2.45. The Morgan fingerprint density at radius 3 is 2.76 bits per heavy atom. The molecule has 21 heavy (non-hydrogen) atoms. The van der Waals surface area contributed by atoms with Crippen LogP contribution in [0.4, 0.5) is 0 Å². The van der Waals surface area contributed by atoms with Gasteiger partial charge < -0.3 is 14.4 Å². The van der Waals surface area contributed by atoms with Crippen LogP contribution in [0.5, 0.6) is 5.75 Å². The molecule has 5 heteroatoms. The molecule has 0 saturated carbocycles. The van der Waals surface area contributed by atoms with Crippen LogP contribution in [0.15, 0.2) is 35.4 Å². The zero-order chi connectivity index (χ0) is 15.2. The van der Waals surface area contributed by atoms with Crippen LogP contribution >= 0.6 is 0 Å². The number of ether oxygens (including phenoxy) is 1. The molecule has 0 aliphatic rings. The van der Waals surface area contributed by atoms with Crippen molar-refractivity contribution in [3.63, 3.8) is 0 Å². The van der Waals surface area contributed by atoms with Gasteiger partial charge in [-0.15, -0.1) is 0 Å². The number of methoxy groups -OCH3 is 1. The molecule has 0 aliphatic carbocycles. The number of aliphatic hydroxyl groups excluding tert-OH is 1. The first-order valence-corrected chi connectivity index (χ1v) is 6.64. The molecule has 0 amide bonds. The zero-order valence-corrected chi connectivity index (χ0v) is 12.2. The van der Waals surface area contributed by atoms with Crippen molar-refractivity contribution in [2.24, 2.45) is 7.05 Å². The number of hydrogen-bond donors (Lipinski definition) is 1. The number of aryl methyl sites for hydroxylation is 1. The van der Waals surface area contributed by atoms with Crippen LogP contribution in [0.2, 0.25) is 0 Å². The summed E-state index contributed by atoms with van der Waals surface area (Å²) < 4.78 is 8.44. The molecule has 0 saturated heterocycles. The lowest BCUT2D eigenvalue weighted by atomic mass is 10.1. The van der Waals surface area contributed by atoms with Gasteiger partial charge in [0, 0.05) is 25.9 Å². The van der Waals surface area contributed by atoms with E-state index in [1.807, 2.05) is 18.2 Å². The summed E-state index contributed by atoms with van der Waals surface area (Å²) >= 11 is 0. The van der Waals surface area contributed by atoms with E-state index < -0.39 is 0 Å². The largest absolute Gasteiger partial charge is 0.495 e. The first kappa shape index (κ1) is 14.9. The average Bonchev–Trinajstić information content (AvgIpc) is 2.80. The van der Waals surface area contributed by atoms with E-state index in [-0.39, 0.29) is 12.3 Å². The van der Waals surface area contributed by atoms with E-state index in [0.29, 0.717) is 18.7 Å². The van der Waals surface area contributed by atoms with Gasteiger partial charge in [-0.25, -0.2) is 4.79 Å². The van der Waals surface area contributed by atoms with Crippen molar-refractivity contribution >= 4 is 0 Å². The van der Waals surface area contributed by atoms with Crippen LogP contribution in [-0.4, -0.2) is 28.0 Å². The molecule has 0 atom stereocenters. The van der Waals surface area contributed by atoms with Gasteiger partial charge in [-0.3, -0.25) is 4.57 Å². The number of aliphatic hydroxyl groups is 1. The Kier molecular flexibility index (Phi) is 4.85. The molecule has 0 aliphatic heterocycles. The highest BCUT2D eigenvalue weighted by Crippen LogP contribution is 2.19. The maximum absolute atomic E-state index is 11.8. The molecule has 0 fully saturated rings. The Labute approximate surface area is 123 Å². The monoisotopic (exact) mass is 286 g/mol. The minimum Gasteiger partial charge on any atom is -0.495 e. The molecule has 0 spiro atoms. The van der Waals surface area contributed by atoms with Crippen molar-refractivity contribution in [3.8, 4) is 17.6 Å². The van der Waals surface area contributed by atoms with Gasteiger partial charge in [0.25, 0.3) is 0 Å². The number of aromatic nitrogens is 2. The molecule has 1 aromatic heterocycles. The van der Waals surface area contributed by atoms with Gasteiger partial charge in [0.05, 0.1) is 25.8 Å². The van der Waals surface area contributed by atoms with Gasteiger partial charge in [-0.05, 0) is 17.7 Å². The fourth-order valence-corrected chi connectivity index (χ4v) is 1.99. The second-order valence-electron chi connectivity index (χ2n) is 4.63. The summed E-state index contributed by atoms with van der Waals surface area (Å²) in [5, 5.41) is 8.78. The predicted molar refractivity (Wildman–Crippen MR) is 80.3 cm³/mol. The minimum absolute atomic E-state index is 0.0361.